The van der Waals surface area contributed by atoms with Crippen molar-refractivity contribution in [3.05, 3.63) is 35.4 Å². The predicted octanol–water partition coefficient (Wildman–Crippen LogP) is 4.96. The van der Waals surface area contributed by atoms with E-state index in [9.17, 15) is 4.79 Å². The van der Waals surface area contributed by atoms with Crippen molar-refractivity contribution in [1.82, 2.24) is 9.80 Å². The molecule has 3 heterocycles. The normalized spacial score (nSPS) is 29.1. The summed E-state index contributed by atoms with van der Waals surface area (Å²) in [5.74, 6) is 0.638. The monoisotopic (exact) mass is 340 g/mol. The fourth-order valence-electron chi connectivity index (χ4n) is 5.26. The molecule has 0 N–H and O–H groups in total. The molecule has 3 aliphatic rings. The largest absolute Gasteiger partial charge is 0.325 e. The number of fused-ring (bicyclic) bond motifs is 2. The SMILES string of the molecule is CCCc1ccc([C@H]2C[C@H]3CC[C@@H](C2)N3C(=O)N2CCCCC2)cc1. The minimum atomic E-state index is 0.337. The Balaban J connectivity index is 1.43. The predicted molar refractivity (Wildman–Crippen MR) is 102 cm³/mol. The molecule has 0 aromatic heterocycles. The van der Waals surface area contributed by atoms with Crippen LogP contribution in [-0.4, -0.2) is 41.0 Å². The van der Waals surface area contributed by atoms with Gasteiger partial charge in [0.25, 0.3) is 0 Å². The molecule has 2 amide bonds. The second-order valence-electron chi connectivity index (χ2n) is 8.28. The van der Waals surface area contributed by atoms with Crippen molar-refractivity contribution in [3.63, 3.8) is 0 Å². The minimum Gasteiger partial charge on any atom is -0.325 e. The molecule has 3 aliphatic heterocycles. The molecule has 3 saturated heterocycles. The summed E-state index contributed by atoms with van der Waals surface area (Å²) in [4.78, 5) is 17.4. The number of benzene rings is 1. The third kappa shape index (κ3) is 3.43. The fraction of sp³-hybridized carbons (Fsp3) is 0.682. The topological polar surface area (TPSA) is 23.6 Å². The van der Waals surface area contributed by atoms with Gasteiger partial charge < -0.3 is 9.80 Å². The maximum atomic E-state index is 13.0. The van der Waals surface area contributed by atoms with E-state index < -0.39 is 0 Å². The summed E-state index contributed by atoms with van der Waals surface area (Å²) in [7, 11) is 0. The standard InChI is InChI=1S/C22H32N2O/c1-2-6-17-7-9-18(10-8-17)19-15-20-11-12-21(16-19)24(20)22(25)23-13-4-3-5-14-23/h7-10,19-21H,2-6,11-16H2,1H3/t19-,20+,21-. The first-order valence-electron chi connectivity index (χ1n) is 10.4. The van der Waals surface area contributed by atoms with E-state index >= 15 is 0 Å². The highest BCUT2D eigenvalue weighted by molar-refractivity contribution is 5.76. The molecule has 0 aliphatic carbocycles. The van der Waals surface area contributed by atoms with E-state index in [0.717, 1.165) is 25.9 Å². The first kappa shape index (κ1) is 16.9. The second kappa shape index (κ2) is 7.39. The molecule has 4 rings (SSSR count). The van der Waals surface area contributed by atoms with Gasteiger partial charge in [-0.25, -0.2) is 4.79 Å². The van der Waals surface area contributed by atoms with Crippen LogP contribution in [0.5, 0.6) is 0 Å². The van der Waals surface area contributed by atoms with Gasteiger partial charge in [0.1, 0.15) is 0 Å². The molecular formula is C22H32N2O. The van der Waals surface area contributed by atoms with Crippen molar-refractivity contribution < 1.29 is 4.79 Å². The van der Waals surface area contributed by atoms with Gasteiger partial charge in [0.2, 0.25) is 0 Å². The van der Waals surface area contributed by atoms with Crippen LogP contribution >= 0.6 is 0 Å². The van der Waals surface area contributed by atoms with Crippen LogP contribution in [0.15, 0.2) is 24.3 Å². The Bertz CT molecular complexity index is 577. The zero-order valence-corrected chi connectivity index (χ0v) is 15.6. The van der Waals surface area contributed by atoms with Gasteiger partial charge >= 0.3 is 6.03 Å². The number of nitrogens with zero attached hydrogens (tertiary/aromatic N) is 2. The highest BCUT2D eigenvalue weighted by Crippen LogP contribution is 2.43. The Hall–Kier alpha value is -1.51. The van der Waals surface area contributed by atoms with Crippen LogP contribution in [-0.2, 0) is 6.42 Å². The van der Waals surface area contributed by atoms with E-state index in [2.05, 4.69) is 41.0 Å². The summed E-state index contributed by atoms with van der Waals surface area (Å²) in [5.41, 5.74) is 2.94. The zero-order chi connectivity index (χ0) is 17.2. The Kier molecular flexibility index (Phi) is 5.00. The molecule has 3 heteroatoms. The van der Waals surface area contributed by atoms with Crippen molar-refractivity contribution in [2.45, 2.75) is 82.7 Å². The average Bonchev–Trinajstić information content (AvgIpc) is 2.92. The minimum absolute atomic E-state index is 0.337. The second-order valence-corrected chi connectivity index (χ2v) is 8.28. The van der Waals surface area contributed by atoms with Crippen molar-refractivity contribution in [2.24, 2.45) is 0 Å². The molecule has 136 valence electrons. The van der Waals surface area contributed by atoms with E-state index in [1.807, 2.05) is 0 Å². The molecule has 1 aromatic rings. The van der Waals surface area contributed by atoms with Crippen LogP contribution in [0.25, 0.3) is 0 Å². The molecular weight excluding hydrogens is 308 g/mol. The highest BCUT2D eigenvalue weighted by atomic mass is 16.2. The summed E-state index contributed by atoms with van der Waals surface area (Å²) in [6.45, 7) is 4.18. The number of hydrogen-bond acceptors (Lipinski definition) is 1. The van der Waals surface area contributed by atoms with Gasteiger partial charge in [-0.15, -0.1) is 0 Å². The maximum absolute atomic E-state index is 13.0. The average molecular weight is 341 g/mol. The third-order valence-electron chi connectivity index (χ3n) is 6.57. The van der Waals surface area contributed by atoms with Gasteiger partial charge in [-0.1, -0.05) is 37.6 Å². The molecule has 2 bridgehead atoms. The number of rotatable bonds is 3. The Morgan fingerprint density at radius 3 is 2.24 bits per heavy atom. The van der Waals surface area contributed by atoms with E-state index in [1.54, 1.807) is 0 Å². The number of carbonyl (C=O) groups excluding carboxylic acids is 1. The summed E-state index contributed by atoms with van der Waals surface area (Å²) in [6, 6.07) is 10.6. The number of urea groups is 1. The van der Waals surface area contributed by atoms with Gasteiger partial charge in [-0.3, -0.25) is 0 Å². The molecule has 3 atom stereocenters. The lowest BCUT2D eigenvalue weighted by Crippen LogP contribution is -2.53. The zero-order valence-electron chi connectivity index (χ0n) is 15.6. The molecule has 0 radical (unpaired) electrons. The highest BCUT2D eigenvalue weighted by Gasteiger charge is 2.44. The molecule has 0 saturated carbocycles. The molecule has 0 unspecified atom stereocenters. The molecule has 3 fully saturated rings. The van der Waals surface area contributed by atoms with E-state index in [0.29, 0.717) is 24.0 Å². The van der Waals surface area contributed by atoms with Crippen molar-refractivity contribution in [3.8, 4) is 0 Å². The lowest BCUT2D eigenvalue weighted by molar-refractivity contribution is 0.0991. The van der Waals surface area contributed by atoms with Crippen LogP contribution in [0.1, 0.15) is 75.3 Å². The van der Waals surface area contributed by atoms with Crippen LogP contribution in [0.4, 0.5) is 4.79 Å². The molecule has 0 spiro atoms. The number of hydrogen-bond donors (Lipinski definition) is 0. The summed E-state index contributed by atoms with van der Waals surface area (Å²) >= 11 is 0. The van der Waals surface area contributed by atoms with Gasteiger partial charge in [0.15, 0.2) is 0 Å². The number of likely N-dealkylation sites (tertiary alicyclic amines) is 1. The van der Waals surface area contributed by atoms with Crippen LogP contribution < -0.4 is 0 Å². The van der Waals surface area contributed by atoms with E-state index in [1.165, 1.54) is 56.1 Å². The van der Waals surface area contributed by atoms with Crippen LogP contribution in [0.3, 0.4) is 0 Å². The van der Waals surface area contributed by atoms with Crippen LogP contribution in [0.2, 0.25) is 0 Å². The fourth-order valence-corrected chi connectivity index (χ4v) is 5.26. The number of aryl methyl sites for hydroxylation is 1. The van der Waals surface area contributed by atoms with Gasteiger partial charge in [-0.2, -0.15) is 0 Å². The van der Waals surface area contributed by atoms with Crippen molar-refractivity contribution in [2.75, 3.05) is 13.1 Å². The summed E-state index contributed by atoms with van der Waals surface area (Å²) < 4.78 is 0. The number of amides is 2. The smallest absolute Gasteiger partial charge is 0.320 e. The lowest BCUT2D eigenvalue weighted by Gasteiger charge is -2.42. The molecule has 25 heavy (non-hydrogen) atoms. The third-order valence-corrected chi connectivity index (χ3v) is 6.57. The number of piperidine rings is 2. The van der Waals surface area contributed by atoms with E-state index in [4.69, 9.17) is 0 Å². The summed E-state index contributed by atoms with van der Waals surface area (Å²) in [6.07, 6.45) is 10.8. The van der Waals surface area contributed by atoms with E-state index in [-0.39, 0.29) is 0 Å². The van der Waals surface area contributed by atoms with Crippen LogP contribution in [0, 0.1) is 0 Å². The molecule has 3 nitrogen and oxygen atoms in total. The lowest BCUT2D eigenvalue weighted by atomic mass is 9.84. The Morgan fingerprint density at radius 1 is 1.00 bits per heavy atom. The Labute approximate surface area is 152 Å². The Morgan fingerprint density at radius 2 is 1.64 bits per heavy atom. The van der Waals surface area contributed by atoms with Crippen molar-refractivity contribution >= 4 is 6.03 Å². The first-order valence-corrected chi connectivity index (χ1v) is 10.4. The van der Waals surface area contributed by atoms with Gasteiger partial charge in [-0.05, 0) is 68.4 Å². The maximum Gasteiger partial charge on any atom is 0.320 e. The van der Waals surface area contributed by atoms with Gasteiger partial charge in [0, 0.05) is 25.2 Å². The quantitative estimate of drug-likeness (QED) is 0.763. The summed E-state index contributed by atoms with van der Waals surface area (Å²) in [5, 5.41) is 0. The van der Waals surface area contributed by atoms with Crippen molar-refractivity contribution in [1.29, 1.82) is 0 Å². The number of carbonyl (C=O) groups is 1. The molecule has 1 aromatic carbocycles. The first-order chi connectivity index (χ1) is 12.3. The van der Waals surface area contributed by atoms with Gasteiger partial charge in [0.05, 0.1) is 0 Å².